The summed E-state index contributed by atoms with van der Waals surface area (Å²) in [7, 11) is 0. The standard InChI is InChI=1S/C17H11Cl2F7S/c1-8-5-9(2)14(10-3-4-11(18)12(19)7-10)13(6-8)27-17(25,26)15(20,21)16(22,23)24/h3-7H,1-2H3. The number of thioether (sulfide) groups is 1. The van der Waals surface area contributed by atoms with Crippen LogP contribution in [0.4, 0.5) is 30.7 Å². The van der Waals surface area contributed by atoms with Crippen molar-refractivity contribution in [3.8, 4) is 11.1 Å². The molecule has 2 rings (SSSR count). The monoisotopic (exact) mass is 450 g/mol. The van der Waals surface area contributed by atoms with E-state index in [4.69, 9.17) is 23.2 Å². The molecule has 2 aromatic rings. The van der Waals surface area contributed by atoms with Gasteiger partial charge in [-0.2, -0.15) is 30.7 Å². The molecule has 0 amide bonds. The SMILES string of the molecule is Cc1cc(C)c(-c2ccc(Cl)c(Cl)c2)c(SC(F)(F)C(F)(F)C(F)(F)F)c1. The van der Waals surface area contributed by atoms with Crippen LogP contribution in [0.15, 0.2) is 35.2 Å². The molecule has 0 atom stereocenters. The van der Waals surface area contributed by atoms with Crippen LogP contribution >= 0.6 is 35.0 Å². The van der Waals surface area contributed by atoms with Gasteiger partial charge in [-0.15, -0.1) is 0 Å². The van der Waals surface area contributed by atoms with Crippen molar-refractivity contribution in [1.82, 2.24) is 0 Å². The van der Waals surface area contributed by atoms with Gasteiger partial charge >= 0.3 is 17.4 Å². The molecule has 2 aromatic carbocycles. The topological polar surface area (TPSA) is 0 Å². The summed E-state index contributed by atoms with van der Waals surface area (Å²) in [5, 5.41) is -5.16. The Kier molecular flexibility index (Phi) is 6.05. The average Bonchev–Trinajstić information content (AvgIpc) is 2.48. The van der Waals surface area contributed by atoms with Gasteiger partial charge in [0.25, 0.3) is 0 Å². The fourth-order valence-corrected chi connectivity index (χ4v) is 3.84. The van der Waals surface area contributed by atoms with Crippen molar-refractivity contribution in [2.24, 2.45) is 0 Å². The van der Waals surface area contributed by atoms with Crippen LogP contribution in [0.3, 0.4) is 0 Å². The van der Waals surface area contributed by atoms with Gasteiger partial charge in [0.05, 0.1) is 10.0 Å². The molecule has 0 aliphatic rings. The fourth-order valence-electron chi connectivity index (χ4n) is 2.40. The van der Waals surface area contributed by atoms with E-state index in [0.29, 0.717) is 11.1 Å². The molecule has 0 unspecified atom stereocenters. The minimum absolute atomic E-state index is 0.0711. The van der Waals surface area contributed by atoms with Gasteiger partial charge in [-0.05, 0) is 66.1 Å². The third-order valence-electron chi connectivity index (χ3n) is 3.61. The number of aryl methyl sites for hydroxylation is 2. The van der Waals surface area contributed by atoms with Crippen molar-refractivity contribution in [2.75, 3.05) is 0 Å². The Labute approximate surface area is 164 Å². The Morgan fingerprint density at radius 1 is 0.815 bits per heavy atom. The first-order valence-corrected chi connectivity index (χ1v) is 8.82. The minimum atomic E-state index is -6.40. The number of hydrogen-bond acceptors (Lipinski definition) is 1. The summed E-state index contributed by atoms with van der Waals surface area (Å²) in [4.78, 5) is -0.431. The van der Waals surface area contributed by atoms with Crippen molar-refractivity contribution in [3.05, 3.63) is 51.5 Å². The average molecular weight is 451 g/mol. The van der Waals surface area contributed by atoms with Gasteiger partial charge in [0.15, 0.2) is 0 Å². The summed E-state index contributed by atoms with van der Waals surface area (Å²) in [5.74, 6) is -6.21. The quantitative estimate of drug-likeness (QED) is 0.334. The summed E-state index contributed by atoms with van der Waals surface area (Å²) >= 11 is 10.9. The van der Waals surface area contributed by atoms with E-state index in [9.17, 15) is 30.7 Å². The van der Waals surface area contributed by atoms with Gasteiger partial charge in [0.2, 0.25) is 0 Å². The molecule has 0 saturated carbocycles. The summed E-state index contributed by atoms with van der Waals surface area (Å²) in [6, 6.07) is 6.81. The molecule has 0 heterocycles. The van der Waals surface area contributed by atoms with E-state index in [-0.39, 0.29) is 21.2 Å². The first-order valence-electron chi connectivity index (χ1n) is 7.25. The van der Waals surface area contributed by atoms with E-state index in [1.165, 1.54) is 32.0 Å². The van der Waals surface area contributed by atoms with Gasteiger partial charge in [-0.25, -0.2) is 0 Å². The Balaban J connectivity index is 2.62. The van der Waals surface area contributed by atoms with Crippen molar-refractivity contribution < 1.29 is 30.7 Å². The third kappa shape index (κ3) is 4.32. The Hall–Kier alpha value is -1.12. The van der Waals surface area contributed by atoms with Crippen LogP contribution in [-0.4, -0.2) is 17.4 Å². The molecule has 0 bridgehead atoms. The van der Waals surface area contributed by atoms with Crippen LogP contribution in [0.5, 0.6) is 0 Å². The maximum absolute atomic E-state index is 13.9. The summed E-state index contributed by atoms with van der Waals surface area (Å²) in [6.45, 7) is 3.03. The van der Waals surface area contributed by atoms with Crippen LogP contribution in [0, 0.1) is 13.8 Å². The zero-order chi connectivity index (χ0) is 20.8. The Morgan fingerprint density at radius 3 is 1.93 bits per heavy atom. The largest absolute Gasteiger partial charge is 0.460 e. The van der Waals surface area contributed by atoms with Gasteiger partial charge < -0.3 is 0 Å². The van der Waals surface area contributed by atoms with Gasteiger partial charge in [0.1, 0.15) is 0 Å². The lowest BCUT2D eigenvalue weighted by Crippen LogP contribution is -2.49. The highest BCUT2D eigenvalue weighted by molar-refractivity contribution is 8.00. The molecule has 0 N–H and O–H groups in total. The van der Waals surface area contributed by atoms with Gasteiger partial charge in [0, 0.05) is 4.90 Å². The summed E-state index contributed by atoms with van der Waals surface area (Å²) in [6.07, 6.45) is -6.40. The normalized spacial score (nSPS) is 13.1. The first-order chi connectivity index (χ1) is 12.2. The van der Waals surface area contributed by atoms with Crippen LogP contribution < -0.4 is 0 Å². The molecule has 0 spiro atoms. The van der Waals surface area contributed by atoms with Crippen LogP contribution in [0.1, 0.15) is 11.1 Å². The van der Waals surface area contributed by atoms with Crippen molar-refractivity contribution in [3.63, 3.8) is 0 Å². The molecule has 0 fully saturated rings. The zero-order valence-electron chi connectivity index (χ0n) is 13.7. The summed E-state index contributed by atoms with van der Waals surface area (Å²) in [5.41, 5.74) is 1.16. The molecule has 148 valence electrons. The molecule has 0 nitrogen and oxygen atoms in total. The van der Waals surface area contributed by atoms with Crippen molar-refractivity contribution in [2.45, 2.75) is 36.1 Å². The number of rotatable bonds is 4. The molecule has 0 saturated heterocycles. The number of benzene rings is 2. The molecule has 0 aromatic heterocycles. The molecular weight excluding hydrogens is 440 g/mol. The third-order valence-corrected chi connectivity index (χ3v) is 5.41. The first kappa shape index (κ1) is 22.2. The van der Waals surface area contributed by atoms with E-state index >= 15 is 0 Å². The highest BCUT2D eigenvalue weighted by atomic mass is 35.5. The van der Waals surface area contributed by atoms with E-state index in [2.05, 4.69) is 0 Å². The molecular formula is C17H11Cl2F7S. The van der Waals surface area contributed by atoms with Gasteiger partial charge in [-0.1, -0.05) is 35.3 Å². The predicted molar refractivity (Wildman–Crippen MR) is 93.2 cm³/mol. The fraction of sp³-hybridized carbons (Fsp3) is 0.294. The lowest BCUT2D eigenvalue weighted by atomic mass is 9.98. The van der Waals surface area contributed by atoms with Gasteiger partial charge in [-0.3, -0.25) is 0 Å². The second-order valence-electron chi connectivity index (χ2n) is 5.77. The highest BCUT2D eigenvalue weighted by Gasteiger charge is 2.73. The minimum Gasteiger partial charge on any atom is -0.188 e. The number of halogens is 9. The van der Waals surface area contributed by atoms with E-state index < -0.39 is 34.0 Å². The zero-order valence-corrected chi connectivity index (χ0v) is 16.0. The number of hydrogen-bond donors (Lipinski definition) is 0. The predicted octanol–water partition coefficient (Wildman–Crippen LogP) is 8.16. The second kappa shape index (κ2) is 7.37. The number of alkyl halides is 7. The Bertz CT molecular complexity index is 863. The molecule has 0 radical (unpaired) electrons. The molecule has 10 heteroatoms. The highest BCUT2D eigenvalue weighted by Crippen LogP contribution is 2.55. The smallest absolute Gasteiger partial charge is 0.188 e. The maximum atomic E-state index is 13.9. The molecule has 0 aliphatic heterocycles. The maximum Gasteiger partial charge on any atom is 0.460 e. The van der Waals surface area contributed by atoms with E-state index in [1.54, 1.807) is 6.07 Å². The van der Waals surface area contributed by atoms with Crippen LogP contribution in [0.25, 0.3) is 11.1 Å². The van der Waals surface area contributed by atoms with Crippen LogP contribution in [0.2, 0.25) is 10.0 Å². The lowest BCUT2D eigenvalue weighted by molar-refractivity contribution is -0.330. The van der Waals surface area contributed by atoms with Crippen LogP contribution in [-0.2, 0) is 0 Å². The Morgan fingerprint density at radius 2 is 1.41 bits per heavy atom. The second-order valence-corrected chi connectivity index (χ2v) is 7.75. The van der Waals surface area contributed by atoms with Crippen molar-refractivity contribution >= 4 is 35.0 Å². The molecule has 27 heavy (non-hydrogen) atoms. The van der Waals surface area contributed by atoms with E-state index in [1.807, 2.05) is 0 Å². The van der Waals surface area contributed by atoms with Crippen molar-refractivity contribution in [1.29, 1.82) is 0 Å². The molecule has 0 aliphatic carbocycles. The lowest BCUT2D eigenvalue weighted by Gasteiger charge is -2.28. The summed E-state index contributed by atoms with van der Waals surface area (Å²) < 4.78 is 91.8. The van der Waals surface area contributed by atoms with E-state index in [0.717, 1.165) is 6.07 Å².